The van der Waals surface area contributed by atoms with Crippen molar-refractivity contribution in [1.82, 2.24) is 10.2 Å². The van der Waals surface area contributed by atoms with Crippen LogP contribution in [0.4, 0.5) is 0 Å². The van der Waals surface area contributed by atoms with E-state index in [9.17, 15) is 0 Å². The summed E-state index contributed by atoms with van der Waals surface area (Å²) in [7, 11) is -1.21. The SMILES string of the molecule is CCCC[P+](CCCC)(CCCC)c1ccc(-c2nnco2)c(Cl)c1C. The molecule has 0 saturated carbocycles. The van der Waals surface area contributed by atoms with Crippen LogP contribution >= 0.6 is 18.9 Å². The van der Waals surface area contributed by atoms with Gasteiger partial charge in [-0.25, -0.2) is 0 Å². The van der Waals surface area contributed by atoms with E-state index < -0.39 is 7.26 Å². The fourth-order valence-electron chi connectivity index (χ4n) is 3.72. The lowest BCUT2D eigenvalue weighted by molar-refractivity contribution is 0.568. The summed E-state index contributed by atoms with van der Waals surface area (Å²) in [5.41, 5.74) is 2.07. The van der Waals surface area contributed by atoms with Crippen LogP contribution in [0.5, 0.6) is 0 Å². The number of halogens is 1. The number of aromatic nitrogens is 2. The molecule has 0 aliphatic carbocycles. The lowest BCUT2D eigenvalue weighted by Gasteiger charge is -2.29. The summed E-state index contributed by atoms with van der Waals surface area (Å²) in [6, 6.07) is 4.41. The van der Waals surface area contributed by atoms with E-state index in [1.165, 1.54) is 74.3 Å². The van der Waals surface area contributed by atoms with Gasteiger partial charge in [0.05, 0.1) is 34.4 Å². The molecule has 0 aliphatic rings. The monoisotopic (exact) mass is 395 g/mol. The van der Waals surface area contributed by atoms with Crippen LogP contribution in [0.1, 0.15) is 64.9 Å². The van der Waals surface area contributed by atoms with Crippen molar-refractivity contribution >= 4 is 24.2 Å². The number of benzene rings is 1. The minimum Gasteiger partial charge on any atom is -0.423 e. The van der Waals surface area contributed by atoms with E-state index >= 15 is 0 Å². The normalized spacial score (nSPS) is 11.9. The molecule has 0 saturated heterocycles. The van der Waals surface area contributed by atoms with E-state index in [0.29, 0.717) is 5.89 Å². The van der Waals surface area contributed by atoms with E-state index in [4.69, 9.17) is 16.0 Å². The lowest BCUT2D eigenvalue weighted by Crippen LogP contribution is -2.23. The second kappa shape index (κ2) is 10.4. The summed E-state index contributed by atoms with van der Waals surface area (Å²) in [5.74, 6) is 0.504. The predicted octanol–water partition coefficient (Wildman–Crippen LogP) is 6.74. The Labute approximate surface area is 164 Å². The molecule has 0 unspecified atom stereocenters. The average Bonchev–Trinajstić information content (AvgIpc) is 3.18. The average molecular weight is 396 g/mol. The number of unbranched alkanes of at least 4 members (excludes halogenated alkanes) is 3. The van der Waals surface area contributed by atoms with Gasteiger partial charge >= 0.3 is 0 Å². The minimum absolute atomic E-state index is 0.504. The zero-order valence-electron chi connectivity index (χ0n) is 16.7. The van der Waals surface area contributed by atoms with Crippen LogP contribution in [0.15, 0.2) is 22.9 Å². The number of rotatable bonds is 11. The highest BCUT2D eigenvalue weighted by molar-refractivity contribution is 7.83. The molecule has 2 aromatic rings. The Balaban J connectivity index is 2.49. The van der Waals surface area contributed by atoms with Gasteiger partial charge in [0, 0.05) is 12.8 Å². The zero-order chi connectivity index (χ0) is 19.0. The van der Waals surface area contributed by atoms with Crippen molar-refractivity contribution in [3.05, 3.63) is 29.1 Å². The van der Waals surface area contributed by atoms with Crippen LogP contribution in [0.25, 0.3) is 11.5 Å². The summed E-state index contributed by atoms with van der Waals surface area (Å²) in [6.45, 7) is 9.07. The number of hydrogen-bond acceptors (Lipinski definition) is 3. The highest BCUT2D eigenvalue weighted by atomic mass is 35.5. The van der Waals surface area contributed by atoms with Gasteiger partial charge in [-0.1, -0.05) is 51.6 Å². The first kappa shape index (κ1) is 21.4. The van der Waals surface area contributed by atoms with Crippen LogP contribution in [0.3, 0.4) is 0 Å². The van der Waals surface area contributed by atoms with Crippen LogP contribution < -0.4 is 5.30 Å². The molecule has 0 N–H and O–H groups in total. The maximum Gasteiger partial charge on any atom is 0.248 e. The molecular formula is C21H33ClN2OP+. The fraction of sp³-hybridized carbons (Fsp3) is 0.619. The standard InChI is InChI=1S/C21H33ClN2OP/c1-5-8-13-26(14-9-6-2,15-10-7-3)19-12-11-18(20(22)17(19)4)21-24-23-16-25-21/h11-12,16H,5-10,13-15H2,1-4H3/q+1. The van der Waals surface area contributed by atoms with E-state index in [2.05, 4.69) is 50.0 Å². The smallest absolute Gasteiger partial charge is 0.248 e. The molecule has 0 bridgehead atoms. The van der Waals surface area contributed by atoms with E-state index in [-0.39, 0.29) is 0 Å². The topological polar surface area (TPSA) is 38.9 Å². The highest BCUT2D eigenvalue weighted by Gasteiger charge is 2.40. The molecule has 0 spiro atoms. The van der Waals surface area contributed by atoms with Gasteiger partial charge in [-0.05, 0) is 38.3 Å². The van der Waals surface area contributed by atoms with Crippen molar-refractivity contribution in [1.29, 1.82) is 0 Å². The summed E-state index contributed by atoms with van der Waals surface area (Å²) in [5, 5.41) is 10.1. The van der Waals surface area contributed by atoms with Gasteiger partial charge < -0.3 is 4.42 Å². The molecule has 5 heteroatoms. The molecule has 1 heterocycles. The largest absolute Gasteiger partial charge is 0.423 e. The van der Waals surface area contributed by atoms with Gasteiger partial charge in [-0.2, -0.15) is 0 Å². The van der Waals surface area contributed by atoms with Gasteiger partial charge in [0.2, 0.25) is 12.3 Å². The van der Waals surface area contributed by atoms with Gasteiger partial charge in [0.25, 0.3) is 0 Å². The molecular weight excluding hydrogens is 363 g/mol. The summed E-state index contributed by atoms with van der Waals surface area (Å²) >= 11 is 6.79. The van der Waals surface area contributed by atoms with Crippen molar-refractivity contribution in [3.63, 3.8) is 0 Å². The number of nitrogens with zero attached hydrogens (tertiary/aromatic N) is 2. The molecule has 144 valence electrons. The molecule has 2 rings (SSSR count). The molecule has 3 nitrogen and oxygen atoms in total. The molecule has 1 aromatic heterocycles. The number of hydrogen-bond donors (Lipinski definition) is 0. The molecule has 0 amide bonds. The molecule has 26 heavy (non-hydrogen) atoms. The first-order chi connectivity index (χ1) is 12.6. The zero-order valence-corrected chi connectivity index (χ0v) is 18.4. The molecule has 0 fully saturated rings. The second-order valence-electron chi connectivity index (χ2n) is 7.19. The Morgan fingerprint density at radius 2 is 1.54 bits per heavy atom. The van der Waals surface area contributed by atoms with Crippen LogP contribution in [0.2, 0.25) is 5.02 Å². The maximum atomic E-state index is 6.79. The third-order valence-corrected chi connectivity index (χ3v) is 10.8. The predicted molar refractivity (Wildman–Crippen MR) is 115 cm³/mol. The van der Waals surface area contributed by atoms with Crippen molar-refractivity contribution in [2.45, 2.75) is 66.2 Å². The molecule has 1 aromatic carbocycles. The Morgan fingerprint density at radius 3 is 2.00 bits per heavy atom. The third kappa shape index (κ3) is 4.87. The first-order valence-corrected chi connectivity index (χ1v) is 12.7. The summed E-state index contributed by atoms with van der Waals surface area (Å²) in [4.78, 5) is 0. The van der Waals surface area contributed by atoms with Crippen molar-refractivity contribution in [3.8, 4) is 11.5 Å². The third-order valence-electron chi connectivity index (χ3n) is 5.28. The van der Waals surface area contributed by atoms with E-state index in [1.54, 1.807) is 0 Å². The van der Waals surface area contributed by atoms with Crippen LogP contribution in [-0.4, -0.2) is 28.7 Å². The fourth-order valence-corrected chi connectivity index (χ4v) is 9.41. The van der Waals surface area contributed by atoms with Crippen molar-refractivity contribution < 1.29 is 4.42 Å². The van der Waals surface area contributed by atoms with Crippen LogP contribution in [-0.2, 0) is 0 Å². The van der Waals surface area contributed by atoms with Gasteiger partial charge in [0.1, 0.15) is 0 Å². The first-order valence-electron chi connectivity index (χ1n) is 10.0. The quantitative estimate of drug-likeness (QED) is 0.395. The Hall–Kier alpha value is -0.920. The summed E-state index contributed by atoms with van der Waals surface area (Å²) < 4.78 is 5.38. The molecule has 0 atom stereocenters. The minimum atomic E-state index is -1.21. The molecule has 0 aliphatic heterocycles. The molecule has 0 radical (unpaired) electrons. The second-order valence-corrected chi connectivity index (χ2v) is 11.7. The Bertz CT molecular complexity index is 651. The van der Waals surface area contributed by atoms with E-state index in [0.717, 1.165) is 10.6 Å². The highest BCUT2D eigenvalue weighted by Crippen LogP contribution is 2.60. The lowest BCUT2D eigenvalue weighted by atomic mass is 10.1. The van der Waals surface area contributed by atoms with Crippen molar-refractivity contribution in [2.75, 3.05) is 18.5 Å². The van der Waals surface area contributed by atoms with Crippen LogP contribution in [0, 0.1) is 6.92 Å². The van der Waals surface area contributed by atoms with Gasteiger partial charge in [-0.15, -0.1) is 10.2 Å². The van der Waals surface area contributed by atoms with E-state index in [1.807, 2.05) is 0 Å². The van der Waals surface area contributed by atoms with Crippen molar-refractivity contribution in [2.24, 2.45) is 0 Å². The maximum absolute atomic E-state index is 6.79. The Morgan fingerprint density at radius 1 is 0.962 bits per heavy atom. The summed E-state index contributed by atoms with van der Waals surface area (Å²) in [6.07, 6.45) is 13.1. The van der Waals surface area contributed by atoms with Gasteiger partial charge in [-0.3, -0.25) is 0 Å². The van der Waals surface area contributed by atoms with Gasteiger partial charge in [0.15, 0.2) is 0 Å². The Kier molecular flexibility index (Phi) is 8.57.